The number of halogens is 1. The van der Waals surface area contributed by atoms with Gasteiger partial charge in [-0.3, -0.25) is 9.79 Å². The Hall–Kier alpha value is -1.29. The lowest BCUT2D eigenvalue weighted by Crippen LogP contribution is -2.21. The number of allylic oxidation sites excluding steroid dienone is 2. The van der Waals surface area contributed by atoms with Crippen LogP contribution in [-0.4, -0.2) is 29.2 Å². The van der Waals surface area contributed by atoms with E-state index in [1.807, 2.05) is 18.7 Å². The third-order valence-corrected chi connectivity index (χ3v) is 2.72. The SMILES string of the molecule is C=N/C(Cl)=C(\C)N(CCCCC(=O)O)C(=C)C. The van der Waals surface area contributed by atoms with E-state index in [-0.39, 0.29) is 6.42 Å². The molecule has 0 aromatic rings. The molecular formula is C12H19ClN2O2. The number of aliphatic carboxylic acids is 1. The normalized spacial score (nSPS) is 11.7. The molecule has 0 aliphatic rings. The van der Waals surface area contributed by atoms with Crippen molar-refractivity contribution in [1.82, 2.24) is 4.90 Å². The minimum absolute atomic E-state index is 0.181. The smallest absolute Gasteiger partial charge is 0.303 e. The Balaban J connectivity index is 4.41. The molecule has 0 atom stereocenters. The fourth-order valence-electron chi connectivity index (χ4n) is 1.42. The van der Waals surface area contributed by atoms with Crippen molar-refractivity contribution in [3.8, 4) is 0 Å². The van der Waals surface area contributed by atoms with Gasteiger partial charge >= 0.3 is 5.97 Å². The first-order valence-corrected chi connectivity index (χ1v) is 5.76. The van der Waals surface area contributed by atoms with Crippen LogP contribution in [0.15, 0.2) is 28.1 Å². The van der Waals surface area contributed by atoms with Crippen LogP contribution >= 0.6 is 11.6 Å². The molecule has 0 bridgehead atoms. The first-order chi connectivity index (χ1) is 7.90. The summed E-state index contributed by atoms with van der Waals surface area (Å²) < 4.78 is 0. The molecule has 0 amide bonds. The molecule has 0 saturated carbocycles. The van der Waals surface area contributed by atoms with Crippen LogP contribution in [0.4, 0.5) is 0 Å². The van der Waals surface area contributed by atoms with Crippen LogP contribution in [0.2, 0.25) is 0 Å². The molecule has 0 radical (unpaired) electrons. The maximum Gasteiger partial charge on any atom is 0.303 e. The van der Waals surface area contributed by atoms with E-state index in [0.717, 1.165) is 17.8 Å². The van der Waals surface area contributed by atoms with E-state index in [4.69, 9.17) is 16.7 Å². The minimum Gasteiger partial charge on any atom is -0.481 e. The standard InChI is InChI=1S/C12H19ClN2O2/c1-9(2)15(10(3)12(13)14-4)8-6-5-7-11(16)17/h1,4-8H2,2-3H3,(H,16,17)/b12-10+. The van der Waals surface area contributed by atoms with Crippen molar-refractivity contribution in [2.45, 2.75) is 33.1 Å². The zero-order valence-corrected chi connectivity index (χ0v) is 11.1. The monoisotopic (exact) mass is 258 g/mol. The van der Waals surface area contributed by atoms with Crippen molar-refractivity contribution in [3.05, 3.63) is 23.1 Å². The number of carbonyl (C=O) groups is 1. The van der Waals surface area contributed by atoms with Gasteiger partial charge in [-0.1, -0.05) is 18.2 Å². The number of aliphatic imine (C=N–C) groups is 1. The van der Waals surface area contributed by atoms with E-state index in [1.165, 1.54) is 0 Å². The third kappa shape index (κ3) is 6.12. The average Bonchev–Trinajstić information content (AvgIpc) is 2.26. The van der Waals surface area contributed by atoms with Crippen molar-refractivity contribution in [2.24, 2.45) is 4.99 Å². The quantitative estimate of drug-likeness (QED) is 0.413. The molecule has 0 aliphatic heterocycles. The Kier molecular flexibility index (Phi) is 7.30. The highest BCUT2D eigenvalue weighted by Crippen LogP contribution is 2.19. The Morgan fingerprint density at radius 1 is 1.41 bits per heavy atom. The van der Waals surface area contributed by atoms with Gasteiger partial charge in [-0.25, -0.2) is 0 Å². The Labute approximate surface area is 107 Å². The predicted molar refractivity (Wildman–Crippen MR) is 71.1 cm³/mol. The summed E-state index contributed by atoms with van der Waals surface area (Å²) in [5.41, 5.74) is 1.63. The summed E-state index contributed by atoms with van der Waals surface area (Å²) >= 11 is 5.89. The average molecular weight is 259 g/mol. The van der Waals surface area contributed by atoms with Gasteiger partial charge in [-0.15, -0.1) is 0 Å². The number of rotatable bonds is 8. The topological polar surface area (TPSA) is 52.9 Å². The van der Waals surface area contributed by atoms with Crippen molar-refractivity contribution < 1.29 is 9.90 Å². The summed E-state index contributed by atoms with van der Waals surface area (Å²) in [7, 11) is 0. The maximum absolute atomic E-state index is 10.4. The molecule has 96 valence electrons. The Morgan fingerprint density at radius 2 is 2.00 bits per heavy atom. The highest BCUT2D eigenvalue weighted by Gasteiger charge is 2.10. The Morgan fingerprint density at radius 3 is 2.41 bits per heavy atom. The zero-order valence-electron chi connectivity index (χ0n) is 10.4. The van der Waals surface area contributed by atoms with Crippen molar-refractivity contribution in [2.75, 3.05) is 6.54 Å². The van der Waals surface area contributed by atoms with Crippen molar-refractivity contribution >= 4 is 24.3 Å². The lowest BCUT2D eigenvalue weighted by Gasteiger charge is -2.25. The van der Waals surface area contributed by atoms with Gasteiger partial charge in [0.15, 0.2) is 0 Å². The fourth-order valence-corrected chi connectivity index (χ4v) is 1.52. The largest absolute Gasteiger partial charge is 0.481 e. The molecule has 4 nitrogen and oxygen atoms in total. The number of unbranched alkanes of at least 4 members (excludes halogenated alkanes) is 1. The molecule has 1 N–H and O–H groups in total. The van der Waals surface area contributed by atoms with Crippen LogP contribution in [-0.2, 0) is 4.79 Å². The number of nitrogens with zero attached hydrogens (tertiary/aromatic N) is 2. The molecule has 0 aromatic heterocycles. The molecule has 0 fully saturated rings. The molecule has 17 heavy (non-hydrogen) atoms. The number of carboxylic acids is 1. The molecule has 0 spiro atoms. The number of hydrogen-bond acceptors (Lipinski definition) is 3. The number of carboxylic acid groups (broad SMARTS) is 1. The fraction of sp³-hybridized carbons (Fsp3) is 0.500. The molecule has 0 heterocycles. The highest BCUT2D eigenvalue weighted by molar-refractivity contribution is 6.29. The van der Waals surface area contributed by atoms with Crippen LogP contribution in [0, 0.1) is 0 Å². The van der Waals surface area contributed by atoms with E-state index >= 15 is 0 Å². The first kappa shape index (κ1) is 15.7. The van der Waals surface area contributed by atoms with E-state index in [1.54, 1.807) is 0 Å². The molecule has 0 saturated heterocycles. The van der Waals surface area contributed by atoms with Crippen LogP contribution in [0.25, 0.3) is 0 Å². The summed E-state index contributed by atoms with van der Waals surface area (Å²) in [6.45, 7) is 11.6. The van der Waals surface area contributed by atoms with Crippen LogP contribution in [0.1, 0.15) is 33.1 Å². The second kappa shape index (κ2) is 7.90. The molecule has 0 unspecified atom stereocenters. The second-order valence-electron chi connectivity index (χ2n) is 3.77. The van der Waals surface area contributed by atoms with E-state index < -0.39 is 5.97 Å². The summed E-state index contributed by atoms with van der Waals surface area (Å²) in [5, 5.41) is 8.88. The Bertz CT molecular complexity index is 337. The van der Waals surface area contributed by atoms with Gasteiger partial charge in [-0.05, 0) is 33.4 Å². The van der Waals surface area contributed by atoms with Gasteiger partial charge in [0.25, 0.3) is 0 Å². The lowest BCUT2D eigenvalue weighted by molar-refractivity contribution is -0.137. The maximum atomic E-state index is 10.4. The van der Waals surface area contributed by atoms with Gasteiger partial charge in [0.2, 0.25) is 0 Å². The van der Waals surface area contributed by atoms with E-state index in [0.29, 0.717) is 18.1 Å². The van der Waals surface area contributed by atoms with Crippen molar-refractivity contribution in [3.63, 3.8) is 0 Å². The van der Waals surface area contributed by atoms with E-state index in [9.17, 15) is 4.79 Å². The zero-order chi connectivity index (χ0) is 13.4. The van der Waals surface area contributed by atoms with Gasteiger partial charge in [0.1, 0.15) is 5.16 Å². The summed E-state index contributed by atoms with van der Waals surface area (Å²) in [6.07, 6.45) is 1.57. The van der Waals surface area contributed by atoms with Crippen LogP contribution in [0.5, 0.6) is 0 Å². The predicted octanol–water partition coefficient (Wildman–Crippen LogP) is 3.21. The summed E-state index contributed by atoms with van der Waals surface area (Å²) in [4.78, 5) is 16.0. The first-order valence-electron chi connectivity index (χ1n) is 5.38. The van der Waals surface area contributed by atoms with Gasteiger partial charge < -0.3 is 10.0 Å². The lowest BCUT2D eigenvalue weighted by atomic mass is 10.2. The van der Waals surface area contributed by atoms with Crippen molar-refractivity contribution in [1.29, 1.82) is 0 Å². The highest BCUT2D eigenvalue weighted by atomic mass is 35.5. The van der Waals surface area contributed by atoms with Gasteiger partial charge in [-0.2, -0.15) is 0 Å². The minimum atomic E-state index is -0.773. The van der Waals surface area contributed by atoms with E-state index in [2.05, 4.69) is 18.3 Å². The molecular weight excluding hydrogens is 240 g/mol. The molecule has 0 aliphatic carbocycles. The number of hydrogen-bond donors (Lipinski definition) is 1. The third-order valence-electron chi connectivity index (χ3n) is 2.33. The van der Waals surface area contributed by atoms with Gasteiger partial charge in [0.05, 0.1) is 5.70 Å². The molecule has 0 aromatic carbocycles. The van der Waals surface area contributed by atoms with Gasteiger partial charge in [0, 0.05) is 18.7 Å². The molecule has 0 rings (SSSR count). The van der Waals surface area contributed by atoms with Crippen LogP contribution < -0.4 is 0 Å². The van der Waals surface area contributed by atoms with Crippen LogP contribution in [0.3, 0.4) is 0 Å². The second-order valence-corrected chi connectivity index (χ2v) is 4.13. The molecule has 5 heteroatoms. The summed E-state index contributed by atoms with van der Waals surface area (Å²) in [6, 6.07) is 0. The summed E-state index contributed by atoms with van der Waals surface area (Å²) in [5.74, 6) is -0.773.